The zero-order chi connectivity index (χ0) is 10.9. The van der Waals surface area contributed by atoms with Crippen LogP contribution in [0.4, 0.5) is 0 Å². The van der Waals surface area contributed by atoms with Crippen molar-refractivity contribution in [2.24, 2.45) is 5.73 Å². The average Bonchev–Trinajstić information content (AvgIpc) is 3.09. The van der Waals surface area contributed by atoms with E-state index in [9.17, 15) is 0 Å². The maximum Gasteiger partial charge on any atom is 0.0333 e. The Balaban J connectivity index is 1.85. The van der Waals surface area contributed by atoms with E-state index in [2.05, 4.69) is 23.8 Å². The first-order chi connectivity index (χ1) is 7.22. The van der Waals surface area contributed by atoms with Gasteiger partial charge in [0.1, 0.15) is 0 Å². The van der Waals surface area contributed by atoms with Gasteiger partial charge >= 0.3 is 0 Å². The Bertz CT molecular complexity index is 205. The van der Waals surface area contributed by atoms with Gasteiger partial charge in [-0.3, -0.25) is 4.90 Å². The Morgan fingerprint density at radius 2 is 1.93 bits per heavy atom. The Labute approximate surface area is 93.6 Å². The first-order valence-electron chi connectivity index (χ1n) is 6.37. The molecule has 1 aliphatic heterocycles. The topological polar surface area (TPSA) is 32.5 Å². The molecular weight excluding hydrogens is 186 g/mol. The molecule has 1 saturated carbocycles. The van der Waals surface area contributed by atoms with E-state index in [0.717, 1.165) is 12.6 Å². The number of nitrogens with zero attached hydrogens (tertiary/aromatic N) is 2. The zero-order valence-electron chi connectivity index (χ0n) is 10.2. The first-order valence-corrected chi connectivity index (χ1v) is 6.37. The van der Waals surface area contributed by atoms with Crippen molar-refractivity contribution in [2.75, 3.05) is 33.2 Å². The zero-order valence-corrected chi connectivity index (χ0v) is 10.2. The minimum absolute atomic E-state index is 0.388. The highest BCUT2D eigenvalue weighted by Crippen LogP contribution is 2.42. The van der Waals surface area contributed by atoms with Crippen LogP contribution in [-0.2, 0) is 0 Å². The summed E-state index contributed by atoms with van der Waals surface area (Å²) in [5.41, 5.74) is 6.27. The Kier molecular flexibility index (Phi) is 3.33. The summed E-state index contributed by atoms with van der Waals surface area (Å²) in [7, 11) is 2.28. The van der Waals surface area contributed by atoms with Crippen LogP contribution in [0, 0.1) is 0 Å². The monoisotopic (exact) mass is 211 g/mol. The minimum Gasteiger partial charge on any atom is -0.329 e. The summed E-state index contributed by atoms with van der Waals surface area (Å²) in [6, 6.07) is 0.777. The smallest absolute Gasteiger partial charge is 0.0333 e. The lowest BCUT2D eigenvalue weighted by Crippen LogP contribution is -2.50. The summed E-state index contributed by atoms with van der Waals surface area (Å²) < 4.78 is 0. The lowest BCUT2D eigenvalue weighted by molar-refractivity contribution is 0.0908. The minimum atomic E-state index is 0.388. The van der Waals surface area contributed by atoms with Crippen LogP contribution in [0.1, 0.15) is 32.6 Å². The van der Waals surface area contributed by atoms with Crippen LogP contribution in [0.25, 0.3) is 0 Å². The number of rotatable bonds is 4. The fourth-order valence-corrected chi connectivity index (χ4v) is 2.86. The van der Waals surface area contributed by atoms with E-state index in [1.54, 1.807) is 0 Å². The fourth-order valence-electron chi connectivity index (χ4n) is 2.86. The maximum atomic E-state index is 5.88. The highest BCUT2D eigenvalue weighted by atomic mass is 15.3. The molecule has 2 fully saturated rings. The van der Waals surface area contributed by atoms with E-state index in [1.165, 1.54) is 45.3 Å². The molecule has 1 heterocycles. The predicted molar refractivity (Wildman–Crippen MR) is 63.9 cm³/mol. The van der Waals surface area contributed by atoms with Gasteiger partial charge in [0.05, 0.1) is 0 Å². The van der Waals surface area contributed by atoms with Gasteiger partial charge in [-0.2, -0.15) is 0 Å². The van der Waals surface area contributed by atoms with Gasteiger partial charge in [0.2, 0.25) is 0 Å². The quantitative estimate of drug-likeness (QED) is 0.750. The van der Waals surface area contributed by atoms with Gasteiger partial charge in [-0.1, -0.05) is 6.92 Å². The summed E-state index contributed by atoms with van der Waals surface area (Å²) in [5, 5.41) is 0. The molecule has 0 bridgehead atoms. The van der Waals surface area contributed by atoms with Crippen LogP contribution >= 0.6 is 0 Å². The van der Waals surface area contributed by atoms with E-state index in [1.807, 2.05) is 0 Å². The van der Waals surface area contributed by atoms with Crippen molar-refractivity contribution in [1.29, 1.82) is 0 Å². The lowest BCUT2D eigenvalue weighted by atomic mass is 10.0. The summed E-state index contributed by atoms with van der Waals surface area (Å²) in [4.78, 5) is 5.13. The Hall–Kier alpha value is -0.120. The molecule has 0 aromatic heterocycles. The van der Waals surface area contributed by atoms with Crippen LogP contribution in [-0.4, -0.2) is 54.6 Å². The number of hydrogen-bond donors (Lipinski definition) is 1. The molecule has 15 heavy (non-hydrogen) atoms. The molecule has 1 saturated heterocycles. The van der Waals surface area contributed by atoms with E-state index in [-0.39, 0.29) is 0 Å². The number of hydrogen-bond acceptors (Lipinski definition) is 3. The van der Waals surface area contributed by atoms with Crippen molar-refractivity contribution in [1.82, 2.24) is 9.80 Å². The SMILES string of the molecule is CCN1CCC(N(C)C2(CN)CC2)CC1. The summed E-state index contributed by atoms with van der Waals surface area (Å²) >= 11 is 0. The van der Waals surface area contributed by atoms with E-state index >= 15 is 0 Å². The highest BCUT2D eigenvalue weighted by Gasteiger charge is 2.47. The van der Waals surface area contributed by atoms with Crippen molar-refractivity contribution in [2.45, 2.75) is 44.2 Å². The second-order valence-electron chi connectivity index (χ2n) is 5.20. The van der Waals surface area contributed by atoms with Crippen molar-refractivity contribution in [3.8, 4) is 0 Å². The van der Waals surface area contributed by atoms with Crippen molar-refractivity contribution < 1.29 is 0 Å². The molecule has 0 unspecified atom stereocenters. The van der Waals surface area contributed by atoms with Gasteiger partial charge in [-0.05, 0) is 52.4 Å². The number of piperidine rings is 1. The third kappa shape index (κ3) is 2.19. The van der Waals surface area contributed by atoms with Gasteiger partial charge in [0.25, 0.3) is 0 Å². The van der Waals surface area contributed by atoms with Gasteiger partial charge in [0, 0.05) is 18.1 Å². The molecule has 0 spiro atoms. The fraction of sp³-hybridized carbons (Fsp3) is 1.00. The largest absolute Gasteiger partial charge is 0.329 e. The standard InChI is InChI=1S/C12H25N3/c1-3-15-8-4-11(5-9-15)14(2)12(10-13)6-7-12/h11H,3-10,13H2,1-2H3. The molecule has 2 aliphatic rings. The number of likely N-dealkylation sites (tertiary alicyclic amines) is 1. The molecule has 88 valence electrons. The van der Waals surface area contributed by atoms with Crippen LogP contribution in [0.2, 0.25) is 0 Å². The van der Waals surface area contributed by atoms with Gasteiger partial charge in [-0.15, -0.1) is 0 Å². The third-order valence-corrected chi connectivity index (χ3v) is 4.51. The molecule has 0 atom stereocenters. The summed E-state index contributed by atoms with van der Waals surface area (Å²) in [6.45, 7) is 6.85. The second kappa shape index (κ2) is 4.40. The third-order valence-electron chi connectivity index (χ3n) is 4.51. The Morgan fingerprint density at radius 3 is 2.33 bits per heavy atom. The molecule has 2 N–H and O–H groups in total. The molecule has 0 amide bonds. The van der Waals surface area contributed by atoms with Gasteiger partial charge < -0.3 is 10.6 Å². The van der Waals surface area contributed by atoms with E-state index in [0.29, 0.717) is 5.54 Å². The number of nitrogens with two attached hydrogens (primary N) is 1. The molecule has 2 rings (SSSR count). The molecule has 0 radical (unpaired) electrons. The molecule has 1 aliphatic carbocycles. The molecular formula is C12H25N3. The highest BCUT2D eigenvalue weighted by molar-refractivity contribution is 5.05. The maximum absolute atomic E-state index is 5.88. The first kappa shape index (κ1) is 11.4. The number of likely N-dealkylation sites (N-methyl/N-ethyl adjacent to an activating group) is 1. The van der Waals surface area contributed by atoms with E-state index in [4.69, 9.17) is 5.73 Å². The van der Waals surface area contributed by atoms with Gasteiger partial charge in [-0.25, -0.2) is 0 Å². The van der Waals surface area contributed by atoms with Crippen molar-refractivity contribution >= 4 is 0 Å². The predicted octanol–water partition coefficient (Wildman–Crippen LogP) is 0.894. The van der Waals surface area contributed by atoms with Crippen molar-refractivity contribution in [3.05, 3.63) is 0 Å². The molecule has 0 aromatic carbocycles. The normalized spacial score (nSPS) is 27.2. The molecule has 3 nitrogen and oxygen atoms in total. The summed E-state index contributed by atoms with van der Waals surface area (Å²) in [6.07, 6.45) is 5.28. The van der Waals surface area contributed by atoms with Crippen molar-refractivity contribution in [3.63, 3.8) is 0 Å². The van der Waals surface area contributed by atoms with Crippen LogP contribution in [0.15, 0.2) is 0 Å². The van der Waals surface area contributed by atoms with Crippen LogP contribution in [0.3, 0.4) is 0 Å². The lowest BCUT2D eigenvalue weighted by Gasteiger charge is -2.40. The van der Waals surface area contributed by atoms with Crippen LogP contribution in [0.5, 0.6) is 0 Å². The average molecular weight is 211 g/mol. The van der Waals surface area contributed by atoms with Gasteiger partial charge in [0.15, 0.2) is 0 Å². The molecule has 3 heteroatoms. The second-order valence-corrected chi connectivity index (χ2v) is 5.20. The summed E-state index contributed by atoms with van der Waals surface area (Å²) in [5.74, 6) is 0. The molecule has 0 aromatic rings. The van der Waals surface area contributed by atoms with E-state index < -0.39 is 0 Å². The van der Waals surface area contributed by atoms with Crippen LogP contribution < -0.4 is 5.73 Å². The Morgan fingerprint density at radius 1 is 1.33 bits per heavy atom.